The van der Waals surface area contributed by atoms with Crippen molar-refractivity contribution < 1.29 is 19.4 Å². The highest BCUT2D eigenvalue weighted by Gasteiger charge is 2.33. The monoisotopic (exact) mass is 470 g/mol. The van der Waals surface area contributed by atoms with Crippen LogP contribution in [0.25, 0.3) is 11.0 Å². The Morgan fingerprint density at radius 3 is 2.73 bits per heavy atom. The highest BCUT2D eigenvalue weighted by atomic mass is 35.5. The fourth-order valence-corrected chi connectivity index (χ4v) is 4.19. The van der Waals surface area contributed by atoms with Crippen LogP contribution in [0, 0.1) is 0 Å². The lowest BCUT2D eigenvalue weighted by Crippen LogP contribution is -2.53. The van der Waals surface area contributed by atoms with E-state index in [4.69, 9.17) is 16.3 Å². The van der Waals surface area contributed by atoms with Gasteiger partial charge in [0.2, 0.25) is 5.91 Å². The Bertz CT molecular complexity index is 1170. The minimum Gasteiger partial charge on any atom is -0.495 e. The molecule has 1 atom stereocenters. The van der Waals surface area contributed by atoms with Crippen molar-refractivity contribution in [3.8, 4) is 5.75 Å². The highest BCUT2D eigenvalue weighted by molar-refractivity contribution is 6.31. The summed E-state index contributed by atoms with van der Waals surface area (Å²) in [6.45, 7) is 2.63. The van der Waals surface area contributed by atoms with Gasteiger partial charge in [0, 0.05) is 29.9 Å². The molecule has 1 saturated heterocycles. The summed E-state index contributed by atoms with van der Waals surface area (Å²) in [4.78, 5) is 35.4. The number of ether oxygens (including phenoxy) is 1. The summed E-state index contributed by atoms with van der Waals surface area (Å²) < 4.78 is 5.19. The lowest BCUT2D eigenvalue weighted by Gasteiger charge is -2.37. The predicted octanol–water partition coefficient (Wildman–Crippen LogP) is 2.94. The number of nitrogens with zero attached hydrogens (tertiary/aromatic N) is 2. The molecular weight excluding hydrogens is 444 g/mol. The fraction of sp³-hybridized carbons (Fsp3) is 0.375. The van der Waals surface area contributed by atoms with E-state index in [0.717, 1.165) is 10.9 Å². The number of hydrogen-bond acceptors (Lipinski definition) is 5. The van der Waals surface area contributed by atoms with Crippen molar-refractivity contribution in [2.75, 3.05) is 20.2 Å². The third-order valence-electron chi connectivity index (χ3n) is 6.06. The van der Waals surface area contributed by atoms with Gasteiger partial charge in [0.25, 0.3) is 5.91 Å². The maximum Gasteiger partial charge on any atom is 0.268 e. The van der Waals surface area contributed by atoms with E-state index in [1.165, 1.54) is 0 Å². The molecule has 3 heterocycles. The number of benzene rings is 1. The van der Waals surface area contributed by atoms with E-state index in [1.807, 2.05) is 18.2 Å². The summed E-state index contributed by atoms with van der Waals surface area (Å²) in [5.41, 5.74) is 0.832. The molecule has 1 fully saturated rings. The normalized spacial score (nSPS) is 16.4. The van der Waals surface area contributed by atoms with Crippen molar-refractivity contribution >= 4 is 34.4 Å². The number of rotatable bonds is 6. The second kappa shape index (κ2) is 9.41. The maximum atomic E-state index is 13.4. The number of nitrogens with one attached hydrogen (secondary N) is 2. The summed E-state index contributed by atoms with van der Waals surface area (Å²) in [6, 6.07) is 9.91. The Morgan fingerprint density at radius 1 is 1.30 bits per heavy atom. The Hall–Kier alpha value is -3.10. The van der Waals surface area contributed by atoms with Gasteiger partial charge in [0.1, 0.15) is 23.1 Å². The summed E-state index contributed by atoms with van der Waals surface area (Å²) in [5.74, 6) is -0.0303. The smallest absolute Gasteiger partial charge is 0.268 e. The van der Waals surface area contributed by atoms with Gasteiger partial charge in [-0.25, -0.2) is 4.98 Å². The summed E-state index contributed by atoms with van der Waals surface area (Å²) in [5, 5.41) is 14.4. The number of likely N-dealkylation sites (tertiary alicyclic amines) is 1. The molecule has 0 bridgehead atoms. The van der Waals surface area contributed by atoms with Crippen LogP contribution in [0.5, 0.6) is 5.75 Å². The van der Waals surface area contributed by atoms with Crippen molar-refractivity contribution in [1.82, 2.24) is 20.2 Å². The summed E-state index contributed by atoms with van der Waals surface area (Å²) in [6.07, 6.45) is 2.79. The molecule has 3 N–H and O–H groups in total. The second-order valence-corrected chi connectivity index (χ2v) is 9.05. The van der Waals surface area contributed by atoms with Crippen LogP contribution in [-0.4, -0.2) is 63.6 Å². The molecule has 0 unspecified atom stereocenters. The van der Waals surface area contributed by atoms with Crippen LogP contribution in [0.2, 0.25) is 5.02 Å². The standard InChI is InChI=1S/C24H27ClN4O4/c1-24(32)7-9-29(10-8-24)23(31)20(12-15-5-3-4-6-18(15)25)28-22(30)19-13-16-11-17(33-2)14-26-21(16)27-19/h3-6,11,13-14,20,32H,7-10,12H2,1-2H3,(H,26,27)(H,28,30)/t20-/m0/s1. The van der Waals surface area contributed by atoms with E-state index >= 15 is 0 Å². The summed E-state index contributed by atoms with van der Waals surface area (Å²) in [7, 11) is 1.55. The van der Waals surface area contributed by atoms with Crippen LogP contribution in [-0.2, 0) is 11.2 Å². The number of methoxy groups -OCH3 is 1. The first-order valence-corrected chi connectivity index (χ1v) is 11.2. The number of aliphatic hydroxyl groups is 1. The average molecular weight is 471 g/mol. The van der Waals surface area contributed by atoms with Gasteiger partial charge in [0.15, 0.2) is 0 Å². The maximum absolute atomic E-state index is 13.4. The number of halogens is 1. The van der Waals surface area contributed by atoms with Crippen molar-refractivity contribution in [3.63, 3.8) is 0 Å². The first-order valence-electron chi connectivity index (χ1n) is 10.8. The second-order valence-electron chi connectivity index (χ2n) is 8.64. The molecule has 174 valence electrons. The third kappa shape index (κ3) is 5.29. The zero-order chi connectivity index (χ0) is 23.6. The van der Waals surface area contributed by atoms with Crippen LogP contribution < -0.4 is 10.1 Å². The van der Waals surface area contributed by atoms with E-state index in [0.29, 0.717) is 48.0 Å². The lowest BCUT2D eigenvalue weighted by molar-refractivity contribution is -0.137. The van der Waals surface area contributed by atoms with Gasteiger partial charge in [-0.15, -0.1) is 0 Å². The van der Waals surface area contributed by atoms with Crippen LogP contribution in [0.1, 0.15) is 35.8 Å². The van der Waals surface area contributed by atoms with E-state index in [-0.39, 0.29) is 12.3 Å². The quantitative estimate of drug-likeness (QED) is 0.513. The van der Waals surface area contributed by atoms with Crippen molar-refractivity contribution in [3.05, 3.63) is 58.9 Å². The van der Waals surface area contributed by atoms with Gasteiger partial charge in [-0.3, -0.25) is 9.59 Å². The molecule has 1 aliphatic rings. The Kier molecular flexibility index (Phi) is 6.58. The molecule has 0 spiro atoms. The number of H-pyrrole nitrogens is 1. The molecular formula is C24H27ClN4O4. The molecule has 1 aliphatic heterocycles. The molecule has 0 saturated carbocycles. The van der Waals surface area contributed by atoms with Crippen molar-refractivity contribution in [2.45, 2.75) is 37.8 Å². The number of pyridine rings is 1. The van der Waals surface area contributed by atoms with Crippen LogP contribution in [0.15, 0.2) is 42.6 Å². The minimum absolute atomic E-state index is 0.199. The molecule has 33 heavy (non-hydrogen) atoms. The zero-order valence-corrected chi connectivity index (χ0v) is 19.4. The molecule has 8 nitrogen and oxygen atoms in total. The number of carbonyl (C=O) groups is 2. The Morgan fingerprint density at radius 2 is 2.03 bits per heavy atom. The first kappa shape index (κ1) is 23.1. The van der Waals surface area contributed by atoms with Gasteiger partial charge in [-0.2, -0.15) is 0 Å². The number of amides is 2. The minimum atomic E-state index is -0.811. The topological polar surface area (TPSA) is 108 Å². The van der Waals surface area contributed by atoms with Gasteiger partial charge in [-0.05, 0) is 43.5 Å². The molecule has 2 aromatic heterocycles. The van der Waals surface area contributed by atoms with E-state index in [9.17, 15) is 14.7 Å². The van der Waals surface area contributed by atoms with Crippen LogP contribution in [0.4, 0.5) is 0 Å². The third-order valence-corrected chi connectivity index (χ3v) is 6.43. The molecule has 4 rings (SSSR count). The molecule has 0 radical (unpaired) electrons. The highest BCUT2D eigenvalue weighted by Crippen LogP contribution is 2.24. The van der Waals surface area contributed by atoms with Gasteiger partial charge >= 0.3 is 0 Å². The Balaban J connectivity index is 1.56. The molecule has 9 heteroatoms. The molecule has 2 amide bonds. The molecule has 3 aromatic rings. The number of fused-ring (bicyclic) bond motifs is 1. The number of aromatic amines is 1. The van der Waals surface area contributed by atoms with E-state index < -0.39 is 17.6 Å². The van der Waals surface area contributed by atoms with Gasteiger partial charge in [-0.1, -0.05) is 29.8 Å². The van der Waals surface area contributed by atoms with Gasteiger partial charge in [0.05, 0.1) is 18.9 Å². The largest absolute Gasteiger partial charge is 0.495 e. The lowest BCUT2D eigenvalue weighted by atomic mass is 9.93. The predicted molar refractivity (Wildman–Crippen MR) is 125 cm³/mol. The number of carbonyl (C=O) groups excluding carboxylic acids is 2. The van der Waals surface area contributed by atoms with Crippen LogP contribution in [0.3, 0.4) is 0 Å². The SMILES string of the molecule is COc1cnc2[nH]c(C(=O)N[C@@H](Cc3ccccc3Cl)C(=O)N3CCC(C)(O)CC3)cc2c1. The number of aromatic nitrogens is 2. The molecule has 1 aromatic carbocycles. The fourth-order valence-electron chi connectivity index (χ4n) is 3.98. The van der Waals surface area contributed by atoms with Crippen molar-refractivity contribution in [1.29, 1.82) is 0 Å². The number of hydrogen-bond donors (Lipinski definition) is 3. The zero-order valence-electron chi connectivity index (χ0n) is 18.6. The molecule has 0 aliphatic carbocycles. The Labute approximate surface area is 196 Å². The average Bonchev–Trinajstić information content (AvgIpc) is 3.23. The van der Waals surface area contributed by atoms with Crippen LogP contribution >= 0.6 is 11.6 Å². The van der Waals surface area contributed by atoms with Crippen molar-refractivity contribution in [2.24, 2.45) is 0 Å². The summed E-state index contributed by atoms with van der Waals surface area (Å²) >= 11 is 6.33. The first-order chi connectivity index (χ1) is 15.8. The van der Waals surface area contributed by atoms with Gasteiger partial charge < -0.3 is 25.0 Å². The van der Waals surface area contributed by atoms with E-state index in [2.05, 4.69) is 15.3 Å². The number of piperidine rings is 1. The van der Waals surface area contributed by atoms with E-state index in [1.54, 1.807) is 43.3 Å².